The molecule has 0 bridgehead atoms. The Labute approximate surface area is 177 Å². The molecule has 0 unspecified atom stereocenters. The van der Waals surface area contributed by atoms with E-state index >= 15 is 0 Å². The summed E-state index contributed by atoms with van der Waals surface area (Å²) in [5.74, 6) is 0.593. The van der Waals surface area contributed by atoms with Crippen LogP contribution in [0.25, 0.3) is 0 Å². The van der Waals surface area contributed by atoms with Gasteiger partial charge in [-0.1, -0.05) is 0 Å². The van der Waals surface area contributed by atoms with E-state index in [1.165, 1.54) is 15.9 Å². The van der Waals surface area contributed by atoms with E-state index in [9.17, 15) is 0 Å². The van der Waals surface area contributed by atoms with Gasteiger partial charge in [0.25, 0.3) is 0 Å². The Morgan fingerprint density at radius 2 is 1.07 bits per heavy atom. The van der Waals surface area contributed by atoms with E-state index in [0.29, 0.717) is 5.92 Å². The van der Waals surface area contributed by atoms with E-state index in [1.807, 2.05) is 0 Å². The first-order chi connectivity index (χ1) is 13.1. The fourth-order valence-corrected chi connectivity index (χ4v) is 12.2. The maximum absolute atomic E-state index is 2.86. The van der Waals surface area contributed by atoms with Gasteiger partial charge in [-0.3, -0.25) is 0 Å². The molecule has 3 aromatic carbocycles. The summed E-state index contributed by atoms with van der Waals surface area (Å²) in [7, 11) is 0. The van der Waals surface area contributed by atoms with Crippen LogP contribution >= 0.6 is 26.3 Å². The van der Waals surface area contributed by atoms with Crippen LogP contribution in [0.1, 0.15) is 20.3 Å². The summed E-state index contributed by atoms with van der Waals surface area (Å²) in [6.45, 7) is 4.48. The molecule has 0 N–H and O–H groups in total. The molecule has 27 heavy (non-hydrogen) atoms. The van der Waals surface area contributed by atoms with Gasteiger partial charge in [0, 0.05) is 0 Å². The number of hydrogen-bond acceptors (Lipinski definition) is 0. The first kappa shape index (κ1) is 20.3. The molecule has 0 fully saturated rings. The molecule has 0 saturated carbocycles. The van der Waals surface area contributed by atoms with Crippen molar-refractivity contribution >= 4 is 42.2 Å². The van der Waals surface area contributed by atoms with E-state index < -0.39 is 4.25 Å². The fourth-order valence-electron chi connectivity index (χ4n) is 3.74. The van der Waals surface area contributed by atoms with E-state index in [2.05, 4.69) is 139 Å². The Bertz CT molecular complexity index is 771. The Morgan fingerprint density at radius 1 is 0.704 bits per heavy atom. The van der Waals surface area contributed by atoms with Crippen LogP contribution in [-0.4, -0.2) is 6.16 Å². The zero-order valence-corrected chi connectivity index (χ0v) is 19.2. The number of hydrogen-bond donors (Lipinski definition) is 0. The number of allylic oxidation sites excluding steroid dienone is 2. The SMILES string of the molecule is CC(C)/C=C\CCP(I)(c1ccccc1)(c1ccccc1)c1ccccc1. The molecule has 0 aliphatic heterocycles. The molecule has 0 heterocycles. The third-order valence-corrected chi connectivity index (χ3v) is 16.8. The second-order valence-corrected chi connectivity index (χ2v) is 18.1. The molecule has 0 saturated heterocycles. The van der Waals surface area contributed by atoms with Crippen LogP contribution in [0.2, 0.25) is 0 Å². The zero-order chi connectivity index (χ0) is 19.2. The van der Waals surface area contributed by atoms with Gasteiger partial charge in [0.05, 0.1) is 0 Å². The molecular formula is C25H28IP. The molecule has 0 atom stereocenters. The number of halogens is 1. The molecular weight excluding hydrogens is 458 g/mol. The average Bonchev–Trinajstić information content (AvgIpc) is 2.73. The second-order valence-electron chi connectivity index (χ2n) is 7.37. The van der Waals surface area contributed by atoms with Gasteiger partial charge in [0.1, 0.15) is 0 Å². The van der Waals surface area contributed by atoms with Crippen LogP contribution < -0.4 is 15.9 Å². The Morgan fingerprint density at radius 3 is 1.41 bits per heavy atom. The van der Waals surface area contributed by atoms with E-state index in [4.69, 9.17) is 0 Å². The predicted molar refractivity (Wildman–Crippen MR) is 133 cm³/mol. The second kappa shape index (κ2) is 8.71. The van der Waals surface area contributed by atoms with Crippen molar-refractivity contribution in [2.75, 3.05) is 6.16 Å². The van der Waals surface area contributed by atoms with Crippen LogP contribution in [0, 0.1) is 5.92 Å². The van der Waals surface area contributed by atoms with Crippen LogP contribution in [0.3, 0.4) is 0 Å². The molecule has 0 amide bonds. The normalized spacial score (nSPS) is 13.6. The van der Waals surface area contributed by atoms with Crippen molar-refractivity contribution in [1.82, 2.24) is 0 Å². The number of rotatable bonds is 7. The van der Waals surface area contributed by atoms with Gasteiger partial charge in [-0.2, -0.15) is 0 Å². The van der Waals surface area contributed by atoms with Gasteiger partial charge in [0.15, 0.2) is 0 Å². The molecule has 0 nitrogen and oxygen atoms in total. The van der Waals surface area contributed by atoms with Crippen LogP contribution in [0.4, 0.5) is 0 Å². The topological polar surface area (TPSA) is 0 Å². The zero-order valence-electron chi connectivity index (χ0n) is 16.1. The summed E-state index contributed by atoms with van der Waals surface area (Å²) in [4.78, 5) is 0. The van der Waals surface area contributed by atoms with Crippen LogP contribution in [0.15, 0.2) is 103 Å². The number of benzene rings is 3. The van der Waals surface area contributed by atoms with Crippen molar-refractivity contribution in [3.63, 3.8) is 0 Å². The molecule has 0 aliphatic carbocycles. The van der Waals surface area contributed by atoms with Gasteiger partial charge < -0.3 is 0 Å². The Hall–Kier alpha value is -1.44. The van der Waals surface area contributed by atoms with Crippen molar-refractivity contribution < 1.29 is 0 Å². The predicted octanol–water partition coefficient (Wildman–Crippen LogP) is 6.47. The Kier molecular flexibility index (Phi) is 6.55. The van der Waals surface area contributed by atoms with Gasteiger partial charge in [-0.25, -0.2) is 0 Å². The minimum atomic E-state index is -2.59. The molecule has 0 aliphatic rings. The summed E-state index contributed by atoms with van der Waals surface area (Å²) in [6, 6.07) is 33.5. The standard InChI is InChI=1S/C25H28IP/c1-22(2)14-12-13-21-27(26,23-15-6-3-7-16-23,24-17-8-4-9-18-24)25-19-10-5-11-20-25/h3-12,14-20,22H,13,21H2,1-2H3/b14-12-. The first-order valence-corrected chi connectivity index (χ1v) is 14.8. The molecule has 140 valence electrons. The van der Waals surface area contributed by atoms with Crippen molar-refractivity contribution in [3.8, 4) is 0 Å². The third kappa shape index (κ3) is 4.05. The molecule has 0 aromatic heterocycles. The summed E-state index contributed by atoms with van der Waals surface area (Å²) >= 11 is 2.86. The quantitative estimate of drug-likeness (QED) is 0.204. The molecule has 2 heteroatoms. The monoisotopic (exact) mass is 486 g/mol. The van der Waals surface area contributed by atoms with E-state index in [0.717, 1.165) is 12.6 Å². The van der Waals surface area contributed by atoms with Gasteiger partial charge >= 0.3 is 178 Å². The summed E-state index contributed by atoms with van der Waals surface area (Å²) in [6.07, 6.45) is 6.92. The molecule has 3 aromatic rings. The average molecular weight is 486 g/mol. The summed E-state index contributed by atoms with van der Waals surface area (Å²) < 4.78 is -2.59. The van der Waals surface area contributed by atoms with Crippen molar-refractivity contribution in [3.05, 3.63) is 103 Å². The molecule has 0 radical (unpaired) electrons. The van der Waals surface area contributed by atoms with Crippen molar-refractivity contribution in [2.45, 2.75) is 20.3 Å². The van der Waals surface area contributed by atoms with Gasteiger partial charge in [-0.05, 0) is 0 Å². The van der Waals surface area contributed by atoms with Crippen molar-refractivity contribution in [1.29, 1.82) is 0 Å². The van der Waals surface area contributed by atoms with Gasteiger partial charge in [0.2, 0.25) is 0 Å². The Balaban J connectivity index is 2.26. The van der Waals surface area contributed by atoms with Crippen molar-refractivity contribution in [2.24, 2.45) is 5.92 Å². The van der Waals surface area contributed by atoms with Crippen LogP contribution in [0.5, 0.6) is 0 Å². The van der Waals surface area contributed by atoms with Crippen LogP contribution in [-0.2, 0) is 0 Å². The molecule has 0 spiro atoms. The summed E-state index contributed by atoms with van der Waals surface area (Å²) in [5.41, 5.74) is 0. The molecule has 3 rings (SSSR count). The van der Waals surface area contributed by atoms with E-state index in [-0.39, 0.29) is 0 Å². The van der Waals surface area contributed by atoms with Gasteiger partial charge in [-0.15, -0.1) is 0 Å². The summed E-state index contributed by atoms with van der Waals surface area (Å²) in [5, 5.41) is 4.37. The fraction of sp³-hybridized carbons (Fsp3) is 0.200. The third-order valence-electron chi connectivity index (χ3n) is 5.12. The maximum atomic E-state index is 2.86. The first-order valence-electron chi connectivity index (χ1n) is 9.62. The minimum absolute atomic E-state index is 0.593. The van der Waals surface area contributed by atoms with E-state index in [1.54, 1.807) is 0 Å².